The molecule has 0 saturated heterocycles. The normalized spacial score (nSPS) is 24.8. The molecule has 1 aliphatic rings. The Bertz CT molecular complexity index is 327. The molecule has 3 heteroatoms. The maximum atomic E-state index is 4.53. The van der Waals surface area contributed by atoms with Gasteiger partial charge in [-0.15, -0.1) is 11.3 Å². The quantitative estimate of drug-likeness (QED) is 0.843. The van der Waals surface area contributed by atoms with Crippen molar-refractivity contribution >= 4 is 16.5 Å². The molecule has 1 aromatic rings. The molecule has 0 unspecified atom stereocenters. The van der Waals surface area contributed by atoms with Gasteiger partial charge >= 0.3 is 0 Å². The summed E-state index contributed by atoms with van der Waals surface area (Å²) >= 11 is 1.74. The van der Waals surface area contributed by atoms with Crippen LogP contribution < -0.4 is 5.32 Å². The van der Waals surface area contributed by atoms with Gasteiger partial charge in [-0.2, -0.15) is 0 Å². The zero-order valence-electron chi connectivity index (χ0n) is 11.0. The first kappa shape index (κ1) is 12.9. The Morgan fingerprint density at radius 3 is 2.76 bits per heavy atom. The van der Waals surface area contributed by atoms with Gasteiger partial charge in [0.1, 0.15) is 0 Å². The van der Waals surface area contributed by atoms with Gasteiger partial charge in [0.15, 0.2) is 5.13 Å². The highest BCUT2D eigenvalue weighted by molar-refractivity contribution is 7.13. The Labute approximate surface area is 109 Å². The second kappa shape index (κ2) is 6.39. The van der Waals surface area contributed by atoms with Crippen LogP contribution in [-0.4, -0.2) is 11.5 Å². The van der Waals surface area contributed by atoms with Crippen molar-refractivity contribution in [3.63, 3.8) is 0 Å². The van der Waals surface area contributed by atoms with Crippen LogP contribution in [0.3, 0.4) is 0 Å². The standard InChI is InChI=1S/C14H24N2S/c1-3-13-10-17-14(16-13)15-9-8-12-6-4-11(2)5-7-12/h10-12H,3-9H2,1-2H3,(H,15,16). The number of nitrogens with zero attached hydrogens (tertiary/aromatic N) is 1. The number of rotatable bonds is 5. The zero-order chi connectivity index (χ0) is 12.1. The van der Waals surface area contributed by atoms with E-state index in [4.69, 9.17) is 0 Å². The van der Waals surface area contributed by atoms with Crippen molar-refractivity contribution in [3.05, 3.63) is 11.1 Å². The predicted octanol–water partition coefficient (Wildman–Crippen LogP) is 4.33. The van der Waals surface area contributed by atoms with E-state index in [0.717, 1.165) is 29.9 Å². The Kier molecular flexibility index (Phi) is 4.84. The molecule has 0 amide bonds. The van der Waals surface area contributed by atoms with Crippen molar-refractivity contribution in [2.75, 3.05) is 11.9 Å². The number of thiazole rings is 1. The van der Waals surface area contributed by atoms with Crippen molar-refractivity contribution in [2.24, 2.45) is 11.8 Å². The second-order valence-corrected chi connectivity index (χ2v) is 6.20. The van der Waals surface area contributed by atoms with E-state index in [2.05, 4.69) is 29.5 Å². The lowest BCUT2D eigenvalue weighted by atomic mass is 9.81. The molecule has 1 fully saturated rings. The molecule has 0 aromatic carbocycles. The summed E-state index contributed by atoms with van der Waals surface area (Å²) in [6.07, 6.45) is 8.08. The molecule has 1 heterocycles. The van der Waals surface area contributed by atoms with Crippen LogP contribution in [0.5, 0.6) is 0 Å². The molecule has 96 valence electrons. The van der Waals surface area contributed by atoms with Gasteiger partial charge in [0, 0.05) is 11.9 Å². The fraction of sp³-hybridized carbons (Fsp3) is 0.786. The fourth-order valence-electron chi connectivity index (χ4n) is 2.55. The van der Waals surface area contributed by atoms with Crippen molar-refractivity contribution in [1.82, 2.24) is 4.98 Å². The Morgan fingerprint density at radius 2 is 2.12 bits per heavy atom. The minimum Gasteiger partial charge on any atom is -0.362 e. The third kappa shape index (κ3) is 3.98. The summed E-state index contributed by atoms with van der Waals surface area (Å²) in [6, 6.07) is 0. The summed E-state index contributed by atoms with van der Waals surface area (Å²) in [5.74, 6) is 1.91. The summed E-state index contributed by atoms with van der Waals surface area (Å²) in [7, 11) is 0. The fourth-order valence-corrected chi connectivity index (χ4v) is 3.37. The van der Waals surface area contributed by atoms with Gasteiger partial charge < -0.3 is 5.32 Å². The molecule has 1 aromatic heterocycles. The number of aromatic nitrogens is 1. The van der Waals surface area contributed by atoms with Crippen molar-refractivity contribution < 1.29 is 0 Å². The van der Waals surface area contributed by atoms with Gasteiger partial charge in [-0.3, -0.25) is 0 Å². The largest absolute Gasteiger partial charge is 0.362 e. The lowest BCUT2D eigenvalue weighted by molar-refractivity contribution is 0.282. The predicted molar refractivity (Wildman–Crippen MR) is 75.7 cm³/mol. The van der Waals surface area contributed by atoms with Crippen LogP contribution >= 0.6 is 11.3 Å². The van der Waals surface area contributed by atoms with Gasteiger partial charge in [0.25, 0.3) is 0 Å². The van der Waals surface area contributed by atoms with Gasteiger partial charge in [-0.05, 0) is 24.7 Å². The smallest absolute Gasteiger partial charge is 0.182 e. The van der Waals surface area contributed by atoms with Crippen LogP contribution in [-0.2, 0) is 6.42 Å². The molecule has 2 nitrogen and oxygen atoms in total. The maximum Gasteiger partial charge on any atom is 0.182 e. The second-order valence-electron chi connectivity index (χ2n) is 5.34. The van der Waals surface area contributed by atoms with E-state index < -0.39 is 0 Å². The zero-order valence-corrected chi connectivity index (χ0v) is 11.9. The van der Waals surface area contributed by atoms with Crippen molar-refractivity contribution in [1.29, 1.82) is 0 Å². The van der Waals surface area contributed by atoms with Crippen LogP contribution in [0.4, 0.5) is 5.13 Å². The Hall–Kier alpha value is -0.570. The Morgan fingerprint density at radius 1 is 1.35 bits per heavy atom. The van der Waals surface area contributed by atoms with Crippen LogP contribution in [0.15, 0.2) is 5.38 Å². The topological polar surface area (TPSA) is 24.9 Å². The minimum absolute atomic E-state index is 0.948. The third-order valence-electron chi connectivity index (χ3n) is 3.88. The van der Waals surface area contributed by atoms with E-state index in [9.17, 15) is 0 Å². The van der Waals surface area contributed by atoms with E-state index in [1.54, 1.807) is 11.3 Å². The van der Waals surface area contributed by atoms with E-state index >= 15 is 0 Å². The first-order valence-electron chi connectivity index (χ1n) is 6.96. The first-order chi connectivity index (χ1) is 8.28. The molecule has 17 heavy (non-hydrogen) atoms. The van der Waals surface area contributed by atoms with E-state index in [1.165, 1.54) is 37.8 Å². The van der Waals surface area contributed by atoms with Crippen LogP contribution in [0.25, 0.3) is 0 Å². The lowest BCUT2D eigenvalue weighted by Gasteiger charge is -2.26. The van der Waals surface area contributed by atoms with Crippen LogP contribution in [0.1, 0.15) is 51.6 Å². The minimum atomic E-state index is 0.948. The number of hydrogen-bond donors (Lipinski definition) is 1. The molecule has 2 rings (SSSR count). The average Bonchev–Trinajstić information content (AvgIpc) is 2.80. The summed E-state index contributed by atoms with van der Waals surface area (Å²) in [5, 5.41) is 6.73. The SMILES string of the molecule is CCc1csc(NCCC2CCC(C)CC2)n1. The average molecular weight is 252 g/mol. The number of nitrogens with one attached hydrogen (secondary N) is 1. The van der Waals surface area contributed by atoms with E-state index in [-0.39, 0.29) is 0 Å². The maximum absolute atomic E-state index is 4.53. The first-order valence-corrected chi connectivity index (χ1v) is 7.84. The molecular formula is C14H24N2S. The van der Waals surface area contributed by atoms with Gasteiger partial charge in [-0.25, -0.2) is 4.98 Å². The van der Waals surface area contributed by atoms with Crippen molar-refractivity contribution in [2.45, 2.75) is 52.4 Å². The molecule has 0 bridgehead atoms. The highest BCUT2D eigenvalue weighted by Crippen LogP contribution is 2.30. The molecule has 1 N–H and O–H groups in total. The molecule has 0 atom stereocenters. The molecular weight excluding hydrogens is 228 g/mol. The van der Waals surface area contributed by atoms with E-state index in [1.807, 2.05) is 0 Å². The molecule has 1 saturated carbocycles. The number of aryl methyl sites for hydroxylation is 1. The molecule has 0 aliphatic heterocycles. The Balaban J connectivity index is 1.65. The van der Waals surface area contributed by atoms with Gasteiger partial charge in [-0.1, -0.05) is 39.5 Å². The summed E-state index contributed by atoms with van der Waals surface area (Å²) in [6.45, 7) is 5.63. The lowest BCUT2D eigenvalue weighted by Crippen LogP contribution is -2.15. The molecule has 0 radical (unpaired) electrons. The van der Waals surface area contributed by atoms with Crippen LogP contribution in [0.2, 0.25) is 0 Å². The number of anilines is 1. The van der Waals surface area contributed by atoms with Crippen LogP contribution in [0, 0.1) is 11.8 Å². The summed E-state index contributed by atoms with van der Waals surface area (Å²) < 4.78 is 0. The van der Waals surface area contributed by atoms with Gasteiger partial charge in [0.05, 0.1) is 5.69 Å². The summed E-state index contributed by atoms with van der Waals surface area (Å²) in [5.41, 5.74) is 1.21. The number of hydrogen-bond acceptors (Lipinski definition) is 3. The third-order valence-corrected chi connectivity index (χ3v) is 4.73. The van der Waals surface area contributed by atoms with Gasteiger partial charge in [0.2, 0.25) is 0 Å². The highest BCUT2D eigenvalue weighted by Gasteiger charge is 2.17. The molecule has 1 aliphatic carbocycles. The summed E-state index contributed by atoms with van der Waals surface area (Å²) in [4.78, 5) is 4.53. The molecule has 0 spiro atoms. The van der Waals surface area contributed by atoms with E-state index in [0.29, 0.717) is 0 Å². The monoisotopic (exact) mass is 252 g/mol. The van der Waals surface area contributed by atoms with Crippen molar-refractivity contribution in [3.8, 4) is 0 Å². The highest BCUT2D eigenvalue weighted by atomic mass is 32.1.